The van der Waals surface area contributed by atoms with Crippen LogP contribution < -0.4 is 15.4 Å². The molecule has 0 radical (unpaired) electrons. The van der Waals surface area contributed by atoms with Crippen LogP contribution in [0, 0.1) is 0 Å². The van der Waals surface area contributed by atoms with Crippen LogP contribution >= 0.6 is 12.2 Å². The van der Waals surface area contributed by atoms with Crippen LogP contribution in [0.1, 0.15) is 12.5 Å². The van der Waals surface area contributed by atoms with Gasteiger partial charge in [-0.3, -0.25) is 19.3 Å². The van der Waals surface area contributed by atoms with Crippen molar-refractivity contribution < 1.29 is 23.9 Å². The minimum atomic E-state index is -0.546. The maximum Gasteiger partial charge on any atom is 0.325 e. The van der Waals surface area contributed by atoms with Crippen molar-refractivity contribution in [2.75, 3.05) is 25.2 Å². The smallest absolute Gasteiger partial charge is 0.325 e. The summed E-state index contributed by atoms with van der Waals surface area (Å²) in [4.78, 5) is 40.1. The first-order chi connectivity index (χ1) is 16.8. The lowest BCUT2D eigenvalue weighted by atomic mass is 10.1. The average molecular weight is 493 g/mol. The molecular formula is C25H24N4O5S. The highest BCUT2D eigenvalue weighted by Gasteiger charge is 2.40. The van der Waals surface area contributed by atoms with E-state index in [1.54, 1.807) is 41.1 Å². The lowest BCUT2D eigenvalue weighted by Crippen LogP contribution is -2.35. The molecule has 0 aliphatic carbocycles. The number of fused-ring (bicyclic) bond motifs is 1. The predicted octanol–water partition coefficient (Wildman–Crippen LogP) is 2.67. The van der Waals surface area contributed by atoms with E-state index in [1.165, 1.54) is 16.9 Å². The molecule has 0 spiro atoms. The van der Waals surface area contributed by atoms with E-state index in [9.17, 15) is 14.4 Å². The quantitative estimate of drug-likeness (QED) is 0.293. The van der Waals surface area contributed by atoms with Gasteiger partial charge in [-0.15, -0.1) is 0 Å². The highest BCUT2D eigenvalue weighted by atomic mass is 32.1. The number of anilines is 1. The van der Waals surface area contributed by atoms with Gasteiger partial charge < -0.3 is 24.7 Å². The fourth-order valence-corrected chi connectivity index (χ4v) is 4.30. The Balaban J connectivity index is 1.80. The van der Waals surface area contributed by atoms with Gasteiger partial charge in [0.2, 0.25) is 5.91 Å². The Morgan fingerprint density at radius 2 is 1.80 bits per heavy atom. The monoisotopic (exact) mass is 492 g/mol. The fourth-order valence-electron chi connectivity index (χ4n) is 3.95. The Kier molecular flexibility index (Phi) is 6.83. The van der Waals surface area contributed by atoms with Crippen LogP contribution in [0.25, 0.3) is 17.0 Å². The van der Waals surface area contributed by atoms with E-state index in [0.717, 1.165) is 10.9 Å². The first-order valence-corrected chi connectivity index (χ1v) is 11.3. The zero-order chi connectivity index (χ0) is 25.1. The number of hydrogen-bond donors (Lipinski definition) is 1. The highest BCUT2D eigenvalue weighted by Crippen LogP contribution is 2.32. The summed E-state index contributed by atoms with van der Waals surface area (Å²) < 4.78 is 12.0. The maximum absolute atomic E-state index is 13.6. The number of nitrogens with two attached hydrogens (primary N) is 1. The van der Waals surface area contributed by atoms with Crippen LogP contribution in [-0.4, -0.2) is 52.6 Å². The summed E-state index contributed by atoms with van der Waals surface area (Å²) in [5.74, 6) is -0.763. The first kappa shape index (κ1) is 24.0. The normalized spacial score (nSPS) is 14.7. The molecule has 4 rings (SSSR count). The van der Waals surface area contributed by atoms with Crippen LogP contribution in [0.4, 0.5) is 5.69 Å². The van der Waals surface area contributed by atoms with Gasteiger partial charge in [0.15, 0.2) is 5.11 Å². The van der Waals surface area contributed by atoms with Crippen molar-refractivity contribution >= 4 is 57.8 Å². The molecule has 2 amide bonds. The van der Waals surface area contributed by atoms with E-state index >= 15 is 0 Å². The van der Waals surface area contributed by atoms with Crippen molar-refractivity contribution in [2.24, 2.45) is 5.73 Å². The van der Waals surface area contributed by atoms with Crippen molar-refractivity contribution in [1.82, 2.24) is 9.47 Å². The van der Waals surface area contributed by atoms with E-state index in [-0.39, 0.29) is 23.9 Å². The number of nitrogens with zero attached hydrogens (tertiary/aromatic N) is 3. The molecule has 35 heavy (non-hydrogen) atoms. The second-order valence-electron chi connectivity index (χ2n) is 7.74. The highest BCUT2D eigenvalue weighted by molar-refractivity contribution is 7.80. The zero-order valence-electron chi connectivity index (χ0n) is 19.3. The van der Waals surface area contributed by atoms with E-state index in [1.807, 2.05) is 31.2 Å². The third-order valence-electron chi connectivity index (χ3n) is 5.49. The number of ether oxygens (including phenoxy) is 2. The number of carbonyl (C=O) groups is 3. The number of para-hydroxylation sites is 1. The molecule has 2 heterocycles. The number of esters is 1. The minimum absolute atomic E-state index is 0.0137. The SMILES string of the molecule is CCOc1ccc(N2C(=O)/C(=C/c3cn(CC(N)=O)c4ccccc34)N(CC(=O)OC)C2=S)cc1. The molecule has 3 aromatic rings. The molecule has 1 fully saturated rings. The van der Waals surface area contributed by atoms with Gasteiger partial charge in [0.25, 0.3) is 5.91 Å². The Bertz CT molecular complexity index is 1350. The Hall–Kier alpha value is -4.18. The number of primary amides is 1. The average Bonchev–Trinajstić information content (AvgIpc) is 3.29. The zero-order valence-corrected chi connectivity index (χ0v) is 20.1. The van der Waals surface area contributed by atoms with Crippen LogP contribution in [0.15, 0.2) is 60.4 Å². The number of hydrogen-bond acceptors (Lipinski definition) is 6. The Morgan fingerprint density at radius 3 is 2.46 bits per heavy atom. The van der Waals surface area contributed by atoms with Crippen molar-refractivity contribution in [1.29, 1.82) is 0 Å². The number of rotatable bonds is 8. The van der Waals surface area contributed by atoms with Crippen molar-refractivity contribution in [3.05, 3.63) is 66.0 Å². The topological polar surface area (TPSA) is 107 Å². The van der Waals surface area contributed by atoms with Gasteiger partial charge in [-0.25, -0.2) is 0 Å². The summed E-state index contributed by atoms with van der Waals surface area (Å²) in [6.45, 7) is 2.15. The number of carbonyl (C=O) groups excluding carboxylic acids is 3. The lowest BCUT2D eigenvalue weighted by molar-refractivity contribution is -0.140. The number of methoxy groups -OCH3 is 1. The molecule has 0 bridgehead atoms. The Morgan fingerprint density at radius 1 is 1.09 bits per heavy atom. The predicted molar refractivity (Wildman–Crippen MR) is 136 cm³/mol. The second-order valence-corrected chi connectivity index (χ2v) is 8.10. The molecule has 1 aromatic heterocycles. The van der Waals surface area contributed by atoms with E-state index < -0.39 is 17.8 Å². The largest absolute Gasteiger partial charge is 0.494 e. The summed E-state index contributed by atoms with van der Waals surface area (Å²) >= 11 is 5.61. The number of amides is 2. The van der Waals surface area contributed by atoms with Gasteiger partial charge in [-0.1, -0.05) is 18.2 Å². The molecule has 2 N–H and O–H groups in total. The number of benzene rings is 2. The fraction of sp³-hybridized carbons (Fsp3) is 0.200. The molecule has 1 aliphatic rings. The van der Waals surface area contributed by atoms with E-state index in [2.05, 4.69) is 0 Å². The van der Waals surface area contributed by atoms with E-state index in [4.69, 9.17) is 27.4 Å². The van der Waals surface area contributed by atoms with Crippen molar-refractivity contribution in [3.8, 4) is 5.75 Å². The van der Waals surface area contributed by atoms with Gasteiger partial charge in [0.05, 0.1) is 19.4 Å². The molecule has 1 aliphatic heterocycles. The second kappa shape index (κ2) is 9.98. The molecular weight excluding hydrogens is 468 g/mol. The molecule has 1 saturated heterocycles. The summed E-state index contributed by atoms with van der Waals surface area (Å²) in [6, 6.07) is 14.4. The Labute approximate surface area is 207 Å². The maximum atomic E-state index is 13.6. The standard InChI is InChI=1S/C25H24N4O5S/c1-3-34-18-10-8-17(9-11-18)29-24(32)21(28(25(29)35)15-23(31)33-2)12-16-13-27(14-22(26)30)20-7-5-4-6-19(16)20/h4-13H,3,14-15H2,1-2H3,(H2,26,30)/b21-12-. The third kappa shape index (κ3) is 4.73. The molecule has 2 aromatic carbocycles. The summed E-state index contributed by atoms with van der Waals surface area (Å²) in [7, 11) is 1.27. The molecule has 0 unspecified atom stereocenters. The van der Waals surface area contributed by atoms with Gasteiger partial charge in [-0.2, -0.15) is 0 Å². The molecule has 180 valence electrons. The van der Waals surface area contributed by atoms with Gasteiger partial charge in [-0.05, 0) is 55.5 Å². The number of aromatic nitrogens is 1. The van der Waals surface area contributed by atoms with Gasteiger partial charge >= 0.3 is 5.97 Å². The van der Waals surface area contributed by atoms with Crippen molar-refractivity contribution in [3.63, 3.8) is 0 Å². The lowest BCUT2D eigenvalue weighted by Gasteiger charge is -2.19. The van der Waals surface area contributed by atoms with Gasteiger partial charge in [0, 0.05) is 22.7 Å². The molecule has 9 nitrogen and oxygen atoms in total. The van der Waals surface area contributed by atoms with Crippen LogP contribution in [0.2, 0.25) is 0 Å². The summed E-state index contributed by atoms with van der Waals surface area (Å²) in [5, 5.41) is 0.967. The third-order valence-corrected chi connectivity index (χ3v) is 5.90. The number of thiocarbonyl (C=S) groups is 1. The van der Waals surface area contributed by atoms with Crippen LogP contribution in [0.5, 0.6) is 5.75 Å². The molecule has 10 heteroatoms. The van der Waals surface area contributed by atoms with Gasteiger partial charge in [0.1, 0.15) is 24.5 Å². The van der Waals surface area contributed by atoms with E-state index in [0.29, 0.717) is 23.6 Å². The van der Waals surface area contributed by atoms with Crippen LogP contribution in [-0.2, 0) is 25.7 Å². The first-order valence-electron chi connectivity index (χ1n) is 10.9. The summed E-state index contributed by atoms with van der Waals surface area (Å²) in [5.41, 5.74) is 7.62. The minimum Gasteiger partial charge on any atom is -0.494 e. The van der Waals surface area contributed by atoms with Crippen molar-refractivity contribution in [2.45, 2.75) is 13.5 Å². The summed E-state index contributed by atoms with van der Waals surface area (Å²) in [6.07, 6.45) is 3.40. The molecule has 0 atom stereocenters. The molecule has 0 saturated carbocycles. The van der Waals surface area contributed by atoms with Crippen LogP contribution in [0.3, 0.4) is 0 Å².